The number of hydrogen-bond donors (Lipinski definition) is 2. The van der Waals surface area contributed by atoms with Gasteiger partial charge in [0.2, 0.25) is 16.3 Å². The molecule has 0 saturated carbocycles. The topological polar surface area (TPSA) is 133 Å². The quantitative estimate of drug-likeness (QED) is 0.0301. The third kappa shape index (κ3) is 33.4. The van der Waals surface area contributed by atoms with Crippen molar-refractivity contribution in [2.45, 2.75) is 232 Å². The molecule has 0 bridgehead atoms. The SMILES string of the molecule is CCCCCCCCCCCCCCCCCC(=O)Nc1n(C(C)NC(=O)CCCCCCCCCCCCCCCCC)cc[n+]1C.COS(=O)(=O)[O-]. The Hall–Kier alpha value is -1.98. The van der Waals surface area contributed by atoms with Gasteiger partial charge in [0, 0.05) is 12.8 Å². The van der Waals surface area contributed by atoms with Crippen molar-refractivity contribution in [2.24, 2.45) is 7.05 Å². The Morgan fingerprint density at radius 1 is 0.630 bits per heavy atom. The summed E-state index contributed by atoms with van der Waals surface area (Å²) in [5.41, 5.74) is 0. The molecule has 0 aliphatic heterocycles. The van der Waals surface area contributed by atoms with Gasteiger partial charge in [-0.25, -0.2) is 22.9 Å². The number of nitrogens with zero attached hydrogens (tertiary/aromatic N) is 2. The first kappa shape index (κ1) is 52.0. The summed E-state index contributed by atoms with van der Waals surface area (Å²) < 4.78 is 34.9. The van der Waals surface area contributed by atoms with E-state index >= 15 is 0 Å². The molecule has 11 heteroatoms. The van der Waals surface area contributed by atoms with Crippen LogP contribution >= 0.6 is 0 Å². The molecule has 1 rings (SSSR count). The number of unbranched alkanes of at least 4 members (excludes halogenated alkanes) is 28. The van der Waals surface area contributed by atoms with Gasteiger partial charge in [-0.15, -0.1) is 0 Å². The van der Waals surface area contributed by atoms with Gasteiger partial charge in [0.1, 0.15) is 0 Å². The van der Waals surface area contributed by atoms with Crippen molar-refractivity contribution >= 4 is 28.2 Å². The van der Waals surface area contributed by atoms with E-state index in [4.69, 9.17) is 0 Å². The third-order valence-corrected chi connectivity index (χ3v) is 10.7. The van der Waals surface area contributed by atoms with Crippen molar-refractivity contribution in [3.8, 4) is 0 Å². The van der Waals surface area contributed by atoms with Crippen LogP contribution in [-0.4, -0.2) is 36.5 Å². The summed E-state index contributed by atoms with van der Waals surface area (Å²) in [7, 11) is -1.67. The molecule has 0 spiro atoms. The lowest BCUT2D eigenvalue weighted by Gasteiger charge is -2.14. The Morgan fingerprint density at radius 2 is 0.926 bits per heavy atom. The van der Waals surface area contributed by atoms with Gasteiger partial charge in [0.25, 0.3) is 5.91 Å². The molecule has 1 aromatic heterocycles. The summed E-state index contributed by atoms with van der Waals surface area (Å²) in [6.07, 6.45) is 44.5. The molecule has 0 aliphatic rings. The molecular formula is C43H84N4O6S. The van der Waals surface area contributed by atoms with Crippen LogP contribution in [0, 0.1) is 0 Å². The Morgan fingerprint density at radius 3 is 1.24 bits per heavy atom. The fourth-order valence-electron chi connectivity index (χ4n) is 6.84. The van der Waals surface area contributed by atoms with E-state index in [0.29, 0.717) is 12.8 Å². The zero-order chi connectivity index (χ0) is 40.1. The highest BCUT2D eigenvalue weighted by atomic mass is 32.3. The molecule has 0 radical (unpaired) electrons. The zero-order valence-electron chi connectivity index (χ0n) is 35.6. The summed E-state index contributed by atoms with van der Waals surface area (Å²) in [4.78, 5) is 25.4. The van der Waals surface area contributed by atoms with E-state index in [1.54, 1.807) is 0 Å². The number of carbonyl (C=O) groups excluding carboxylic acids is 2. The first-order valence-electron chi connectivity index (χ1n) is 22.2. The summed E-state index contributed by atoms with van der Waals surface area (Å²) in [6.45, 7) is 6.54. The van der Waals surface area contributed by atoms with E-state index in [1.165, 1.54) is 167 Å². The Labute approximate surface area is 332 Å². The van der Waals surface area contributed by atoms with Gasteiger partial charge < -0.3 is 9.87 Å². The first-order chi connectivity index (χ1) is 26.1. The minimum Gasteiger partial charge on any atom is -0.726 e. The minimum atomic E-state index is -4.41. The van der Waals surface area contributed by atoms with Gasteiger partial charge in [0.05, 0.1) is 26.6 Å². The average Bonchev–Trinajstić information content (AvgIpc) is 3.50. The van der Waals surface area contributed by atoms with E-state index in [-0.39, 0.29) is 18.0 Å². The van der Waals surface area contributed by atoms with Crippen LogP contribution in [0.25, 0.3) is 0 Å². The molecule has 318 valence electrons. The molecule has 0 aliphatic carbocycles. The molecule has 1 unspecified atom stereocenters. The summed E-state index contributed by atoms with van der Waals surface area (Å²) in [5.74, 6) is 0.862. The number of nitrogens with one attached hydrogen (secondary N) is 2. The van der Waals surface area contributed by atoms with E-state index in [9.17, 15) is 22.6 Å². The second-order valence-electron chi connectivity index (χ2n) is 15.4. The molecule has 54 heavy (non-hydrogen) atoms. The van der Waals surface area contributed by atoms with Crippen LogP contribution in [0.4, 0.5) is 5.95 Å². The predicted molar refractivity (Wildman–Crippen MR) is 223 cm³/mol. The predicted octanol–water partition coefficient (Wildman–Crippen LogP) is 11.5. The largest absolute Gasteiger partial charge is 0.726 e. The van der Waals surface area contributed by atoms with Crippen molar-refractivity contribution in [3.05, 3.63) is 12.4 Å². The fourth-order valence-corrected chi connectivity index (χ4v) is 6.84. The molecule has 2 amide bonds. The smallest absolute Gasteiger partial charge is 0.366 e. The van der Waals surface area contributed by atoms with Crippen molar-refractivity contribution < 1.29 is 31.3 Å². The van der Waals surface area contributed by atoms with Crippen LogP contribution in [0.1, 0.15) is 232 Å². The summed E-state index contributed by atoms with van der Waals surface area (Å²) in [5, 5.41) is 6.23. The monoisotopic (exact) mass is 785 g/mol. The first-order valence-corrected chi connectivity index (χ1v) is 23.6. The normalized spacial score (nSPS) is 12.0. The van der Waals surface area contributed by atoms with E-state index in [1.807, 2.05) is 35.5 Å². The lowest BCUT2D eigenvalue weighted by molar-refractivity contribution is -0.656. The molecule has 10 nitrogen and oxygen atoms in total. The van der Waals surface area contributed by atoms with Gasteiger partial charge in [-0.3, -0.25) is 13.8 Å². The third-order valence-electron chi connectivity index (χ3n) is 10.3. The van der Waals surface area contributed by atoms with Crippen molar-refractivity contribution in [1.29, 1.82) is 0 Å². The van der Waals surface area contributed by atoms with Crippen LogP contribution in [-0.2, 0) is 31.2 Å². The Kier molecular flexibility index (Phi) is 35.3. The molecule has 1 aromatic rings. The van der Waals surface area contributed by atoms with Gasteiger partial charge in [-0.05, 0) is 19.8 Å². The highest BCUT2D eigenvalue weighted by Gasteiger charge is 2.22. The van der Waals surface area contributed by atoms with Crippen LogP contribution in [0.15, 0.2) is 12.4 Å². The van der Waals surface area contributed by atoms with Gasteiger partial charge >= 0.3 is 5.95 Å². The number of rotatable bonds is 36. The maximum Gasteiger partial charge on any atom is 0.366 e. The molecule has 0 fully saturated rings. The molecule has 0 saturated heterocycles. The van der Waals surface area contributed by atoms with Crippen LogP contribution in [0.3, 0.4) is 0 Å². The van der Waals surface area contributed by atoms with Crippen molar-refractivity contribution in [2.75, 3.05) is 12.4 Å². The maximum atomic E-state index is 12.7. The Balaban J connectivity index is 0.00000430. The van der Waals surface area contributed by atoms with Crippen LogP contribution in [0.5, 0.6) is 0 Å². The van der Waals surface area contributed by atoms with Gasteiger partial charge in [-0.2, -0.15) is 0 Å². The molecule has 1 heterocycles. The maximum absolute atomic E-state index is 12.7. The molecular weight excluding hydrogens is 701 g/mol. The van der Waals surface area contributed by atoms with Crippen molar-refractivity contribution in [1.82, 2.24) is 9.88 Å². The van der Waals surface area contributed by atoms with E-state index < -0.39 is 10.4 Å². The van der Waals surface area contributed by atoms with Gasteiger partial charge in [0.15, 0.2) is 6.17 Å². The van der Waals surface area contributed by atoms with Crippen LogP contribution in [0.2, 0.25) is 0 Å². The molecule has 0 aromatic carbocycles. The summed E-state index contributed by atoms with van der Waals surface area (Å²) >= 11 is 0. The number of hydrogen-bond acceptors (Lipinski definition) is 6. The number of imidazole rings is 1. The van der Waals surface area contributed by atoms with Gasteiger partial charge in [-0.1, -0.05) is 194 Å². The Bertz CT molecular complexity index is 1130. The lowest BCUT2D eigenvalue weighted by atomic mass is 10.0. The number of aryl methyl sites for hydroxylation is 1. The van der Waals surface area contributed by atoms with Crippen molar-refractivity contribution in [3.63, 3.8) is 0 Å². The average molecular weight is 785 g/mol. The summed E-state index contributed by atoms with van der Waals surface area (Å²) in [6, 6.07) is 0. The minimum absolute atomic E-state index is 0.0524. The zero-order valence-corrected chi connectivity index (χ0v) is 36.4. The number of anilines is 1. The van der Waals surface area contributed by atoms with E-state index in [0.717, 1.165) is 38.7 Å². The highest BCUT2D eigenvalue weighted by Crippen LogP contribution is 2.16. The van der Waals surface area contributed by atoms with Crippen LogP contribution < -0.4 is 15.2 Å². The molecule has 1 atom stereocenters. The number of amides is 2. The second kappa shape index (κ2) is 36.6. The number of carbonyl (C=O) groups is 2. The number of aromatic nitrogens is 2. The highest BCUT2D eigenvalue weighted by molar-refractivity contribution is 7.80. The van der Waals surface area contributed by atoms with E-state index in [2.05, 4.69) is 28.7 Å². The molecule has 2 N–H and O–H groups in total. The fraction of sp³-hybridized carbons (Fsp3) is 0.884. The standard InChI is InChI=1S/C42H80N4O2.CH4O4S/c1-5-7-9-11-13-15-17-19-21-23-25-27-29-31-33-35-40(47)43-39(3)46-38-37-45(4)42(46)44-41(48)36-34-32-30-28-26-24-22-20-18-16-14-12-10-8-6-2;1-5-6(2,3)4/h37-39H,5-36H2,1-4H3,(H,43,47);1H3,(H,2,3,4). The lowest BCUT2D eigenvalue weighted by Crippen LogP contribution is -2.36. The second-order valence-corrected chi connectivity index (χ2v) is 16.6.